The van der Waals surface area contributed by atoms with Crippen molar-refractivity contribution < 1.29 is 10.5 Å². The van der Waals surface area contributed by atoms with Gasteiger partial charge in [-0.2, -0.15) is 0 Å². The molecule has 0 unspecified atom stereocenters. The molecule has 0 atom stereocenters. The predicted octanol–water partition coefficient (Wildman–Crippen LogP) is -1.68. The summed E-state index contributed by atoms with van der Waals surface area (Å²) < 4.78 is 0. The maximum absolute atomic E-state index is 9.63. The van der Waals surface area contributed by atoms with Crippen molar-refractivity contribution in [3.8, 4) is 0 Å². The fourth-order valence-corrected chi connectivity index (χ4v) is 0.763. The third kappa shape index (κ3) is 1.67. The van der Waals surface area contributed by atoms with Crippen molar-refractivity contribution in [1.29, 1.82) is 0 Å². The van der Waals surface area contributed by atoms with E-state index in [4.69, 9.17) is 5.21 Å². The van der Waals surface area contributed by atoms with Crippen LogP contribution in [0.2, 0.25) is 0 Å². The van der Waals surface area contributed by atoms with Crippen LogP contribution in [0.25, 0.3) is 0 Å². The Morgan fingerprint density at radius 3 is 3.20 bits per heavy atom. The van der Waals surface area contributed by atoms with Crippen LogP contribution in [0.5, 0.6) is 0 Å². The lowest BCUT2D eigenvalue weighted by Crippen LogP contribution is -2.80. The molecule has 6 heteroatoms. The van der Waals surface area contributed by atoms with Gasteiger partial charge in [-0.3, -0.25) is 10.5 Å². The minimum absolute atomic E-state index is 0.240. The van der Waals surface area contributed by atoms with E-state index in [0.717, 1.165) is 18.9 Å². The van der Waals surface area contributed by atoms with E-state index in [9.17, 15) is 4.91 Å². The molecule has 0 spiro atoms. The Morgan fingerprint density at radius 2 is 2.70 bits per heavy atom. The van der Waals surface area contributed by atoms with E-state index in [1.807, 2.05) is 5.32 Å². The van der Waals surface area contributed by atoms with Gasteiger partial charge >= 0.3 is 0 Å². The summed E-state index contributed by atoms with van der Waals surface area (Å²) in [6.45, 7) is 1.76. The zero-order chi connectivity index (χ0) is 7.40. The van der Waals surface area contributed by atoms with Crippen LogP contribution in [0.3, 0.4) is 0 Å². The Morgan fingerprint density at radius 1 is 1.90 bits per heavy atom. The van der Waals surface area contributed by atoms with Crippen molar-refractivity contribution in [3.63, 3.8) is 0 Å². The molecule has 1 rings (SSSR count). The van der Waals surface area contributed by atoms with Crippen molar-refractivity contribution in [2.24, 2.45) is 5.29 Å². The van der Waals surface area contributed by atoms with Gasteiger partial charge in [0.25, 0.3) is 0 Å². The maximum atomic E-state index is 9.63. The normalized spacial score (nSPS) is 20.7. The van der Waals surface area contributed by atoms with E-state index >= 15 is 0 Å². The summed E-state index contributed by atoms with van der Waals surface area (Å²) in [7, 11) is 0. The minimum atomic E-state index is 0.240. The van der Waals surface area contributed by atoms with Crippen molar-refractivity contribution in [2.75, 3.05) is 13.1 Å². The van der Waals surface area contributed by atoms with E-state index in [-0.39, 0.29) is 5.17 Å². The first kappa shape index (κ1) is 6.97. The number of nitrogens with one attached hydrogen (secondary N) is 1. The second-order valence-corrected chi connectivity index (χ2v) is 1.91. The molecule has 0 aliphatic carbocycles. The summed E-state index contributed by atoms with van der Waals surface area (Å²) in [4.78, 5) is 9.63. The van der Waals surface area contributed by atoms with Crippen molar-refractivity contribution in [2.45, 2.75) is 0 Å². The monoisotopic (exact) mass is 145 g/mol. The molecule has 1 fully saturated rings. The first-order valence-corrected chi connectivity index (χ1v) is 2.93. The molecule has 1 aliphatic rings. The number of hydrogen-bond acceptors (Lipinski definition) is 4. The number of quaternary nitrogens is 1. The van der Waals surface area contributed by atoms with Gasteiger partial charge in [-0.05, 0) is 0 Å². The first-order valence-electron chi connectivity index (χ1n) is 2.93. The molecule has 0 amide bonds. The summed E-state index contributed by atoms with van der Waals surface area (Å²) in [6, 6.07) is 0. The van der Waals surface area contributed by atoms with E-state index in [1.165, 1.54) is 6.20 Å². The van der Waals surface area contributed by atoms with Gasteiger partial charge in [0, 0.05) is 0 Å². The Balaban J connectivity index is 2.44. The number of rotatable bonds is 2. The molecule has 1 saturated heterocycles. The van der Waals surface area contributed by atoms with Crippen LogP contribution in [0.4, 0.5) is 0 Å². The van der Waals surface area contributed by atoms with Gasteiger partial charge in [0.2, 0.25) is 5.82 Å². The van der Waals surface area contributed by atoms with E-state index in [1.54, 1.807) is 0 Å². The van der Waals surface area contributed by atoms with E-state index in [0.29, 0.717) is 0 Å². The second-order valence-electron chi connectivity index (χ2n) is 1.91. The number of nitrogens with zero attached hydrogens (tertiary/aromatic N) is 2. The molecule has 0 radical (unpaired) electrons. The van der Waals surface area contributed by atoms with E-state index in [2.05, 4.69) is 10.6 Å². The minimum Gasteiger partial charge on any atom is -0.334 e. The quantitative estimate of drug-likeness (QED) is 0.320. The van der Waals surface area contributed by atoms with Crippen LogP contribution in [0.15, 0.2) is 17.3 Å². The molecule has 0 saturated carbocycles. The van der Waals surface area contributed by atoms with Crippen molar-refractivity contribution >= 4 is 0 Å². The Labute approximate surface area is 57.4 Å². The zero-order valence-corrected chi connectivity index (χ0v) is 5.32. The lowest BCUT2D eigenvalue weighted by Gasteiger charge is -1.97. The summed E-state index contributed by atoms with van der Waals surface area (Å²) in [5, 5.41) is 15.8. The topological polar surface area (TPSA) is 81.5 Å². The van der Waals surface area contributed by atoms with Gasteiger partial charge in [-0.1, -0.05) is 0 Å². The first-order chi connectivity index (χ1) is 4.83. The van der Waals surface area contributed by atoms with Gasteiger partial charge in [0.05, 0.1) is 18.4 Å². The Kier molecular flexibility index (Phi) is 2.19. The molecular formula is C4H9N4O2+. The molecule has 0 aromatic carbocycles. The summed E-state index contributed by atoms with van der Waals surface area (Å²) >= 11 is 0. The van der Waals surface area contributed by atoms with Crippen LogP contribution in [0, 0.1) is 4.91 Å². The number of nitroso groups, excluding NO2 is 1. The molecule has 10 heavy (non-hydrogen) atoms. The zero-order valence-electron chi connectivity index (χ0n) is 5.32. The third-order valence-electron chi connectivity index (χ3n) is 1.18. The smallest absolute Gasteiger partial charge is 0.219 e. The largest absolute Gasteiger partial charge is 0.334 e. The highest BCUT2D eigenvalue weighted by Crippen LogP contribution is 1.85. The van der Waals surface area contributed by atoms with Crippen LogP contribution in [-0.2, 0) is 0 Å². The van der Waals surface area contributed by atoms with Crippen molar-refractivity contribution in [3.05, 3.63) is 16.9 Å². The molecular weight excluding hydrogens is 136 g/mol. The molecule has 4 N–H and O–H groups in total. The predicted molar refractivity (Wildman–Crippen MR) is 32.3 cm³/mol. The summed E-state index contributed by atoms with van der Waals surface area (Å²) in [6.07, 6.45) is 1.22. The average molecular weight is 145 g/mol. The third-order valence-corrected chi connectivity index (χ3v) is 1.18. The van der Waals surface area contributed by atoms with Crippen LogP contribution >= 0.6 is 0 Å². The second kappa shape index (κ2) is 3.14. The summed E-state index contributed by atoms with van der Waals surface area (Å²) in [5.41, 5.74) is 0. The molecule has 0 aromatic rings. The highest BCUT2D eigenvalue weighted by atomic mass is 16.6. The van der Waals surface area contributed by atoms with Crippen LogP contribution < -0.4 is 10.6 Å². The van der Waals surface area contributed by atoms with Gasteiger partial charge in [-0.15, -0.1) is 10.1 Å². The van der Waals surface area contributed by atoms with Gasteiger partial charge < -0.3 is 5.32 Å². The number of hydroxylamine groups is 1. The Bertz CT molecular complexity index is 149. The molecule has 1 aliphatic heterocycles. The summed E-state index contributed by atoms with van der Waals surface area (Å²) in [5.74, 6) is 0.724. The maximum Gasteiger partial charge on any atom is 0.219 e. The van der Waals surface area contributed by atoms with Crippen LogP contribution in [0.1, 0.15) is 0 Å². The van der Waals surface area contributed by atoms with E-state index < -0.39 is 0 Å². The lowest BCUT2D eigenvalue weighted by molar-refractivity contribution is -0.592. The molecule has 1 heterocycles. The average Bonchev–Trinajstić information content (AvgIpc) is 2.40. The Hall–Kier alpha value is -1.14. The lowest BCUT2D eigenvalue weighted by atomic mass is 10.7. The SMILES string of the molecule is O=NN(O)C=C1NCC[NH2+]1. The van der Waals surface area contributed by atoms with Gasteiger partial charge in [-0.25, -0.2) is 0 Å². The number of hydrogen-bond donors (Lipinski definition) is 3. The molecule has 0 aromatic heterocycles. The van der Waals surface area contributed by atoms with Crippen LogP contribution in [-0.4, -0.2) is 23.5 Å². The standard InChI is InChI=1S/C4H8N4O2/c9-7-8(10)3-4-5-1-2-6-4/h3,5-6,10H,1-2H2/p+1. The molecule has 56 valence electrons. The highest BCUT2D eigenvalue weighted by molar-refractivity contribution is 4.86. The molecule has 6 nitrogen and oxygen atoms in total. The van der Waals surface area contributed by atoms with Crippen molar-refractivity contribution in [1.82, 2.24) is 10.5 Å². The highest BCUT2D eigenvalue weighted by Gasteiger charge is 2.09. The van der Waals surface area contributed by atoms with Gasteiger partial charge in [0.1, 0.15) is 6.20 Å². The van der Waals surface area contributed by atoms with Gasteiger partial charge in [0.15, 0.2) is 0 Å². The fourth-order valence-electron chi connectivity index (χ4n) is 0.763. The number of nitrogens with two attached hydrogens (primary N) is 1. The fraction of sp³-hybridized carbons (Fsp3) is 0.500. The molecule has 0 bridgehead atoms.